The van der Waals surface area contributed by atoms with Crippen LogP contribution in [0.15, 0.2) is 16.7 Å². The Bertz CT molecular complexity index is 410. The minimum Gasteiger partial charge on any atom is -0.355 e. The molecule has 92 valence electrons. The molecule has 0 saturated carbocycles. The average Bonchev–Trinajstić information content (AvgIpc) is 2.24. The third kappa shape index (κ3) is 4.35. The van der Waals surface area contributed by atoms with Crippen LogP contribution >= 0.6 is 15.9 Å². The lowest BCUT2D eigenvalue weighted by Crippen LogP contribution is -2.30. The maximum atomic E-state index is 8.71. The smallest absolute Gasteiger partial charge is 0.131 e. The summed E-state index contributed by atoms with van der Waals surface area (Å²) in [5, 5.41) is 8.71. The van der Waals surface area contributed by atoms with E-state index in [0.29, 0.717) is 12.3 Å². The largest absolute Gasteiger partial charge is 0.355 e. The molecule has 0 aliphatic heterocycles. The van der Waals surface area contributed by atoms with Crippen molar-refractivity contribution < 1.29 is 0 Å². The average molecular weight is 296 g/mol. The van der Waals surface area contributed by atoms with Crippen LogP contribution < -0.4 is 4.90 Å². The normalized spacial score (nSPS) is 10.4. The van der Waals surface area contributed by atoms with E-state index in [9.17, 15) is 0 Å². The van der Waals surface area contributed by atoms with Gasteiger partial charge in [-0.15, -0.1) is 0 Å². The standard InChI is InChI=1S/C13H18BrN3/c1-10(2)9-17(6-4-5-15)13-11(3)7-12(14)8-16-13/h7-8,10H,4,6,9H2,1-3H3. The molecule has 1 rings (SSSR count). The quantitative estimate of drug-likeness (QED) is 0.834. The molecule has 0 N–H and O–H groups in total. The van der Waals surface area contributed by atoms with Crippen LogP contribution in [0.3, 0.4) is 0 Å². The van der Waals surface area contributed by atoms with E-state index in [2.05, 4.69) is 51.8 Å². The van der Waals surface area contributed by atoms with Gasteiger partial charge < -0.3 is 4.90 Å². The molecule has 1 aromatic rings. The van der Waals surface area contributed by atoms with E-state index in [0.717, 1.165) is 28.9 Å². The van der Waals surface area contributed by atoms with Gasteiger partial charge in [-0.25, -0.2) is 4.98 Å². The highest BCUT2D eigenvalue weighted by Crippen LogP contribution is 2.21. The van der Waals surface area contributed by atoms with Crippen molar-refractivity contribution in [3.63, 3.8) is 0 Å². The van der Waals surface area contributed by atoms with Gasteiger partial charge in [0, 0.05) is 23.8 Å². The van der Waals surface area contributed by atoms with Crippen LogP contribution in [0.2, 0.25) is 0 Å². The summed E-state index contributed by atoms with van der Waals surface area (Å²) in [4.78, 5) is 6.64. The Kier molecular flexibility index (Phi) is 5.43. The summed E-state index contributed by atoms with van der Waals surface area (Å²) in [6.45, 7) is 8.06. The fourth-order valence-corrected chi connectivity index (χ4v) is 2.22. The van der Waals surface area contributed by atoms with Gasteiger partial charge in [-0.05, 0) is 40.4 Å². The van der Waals surface area contributed by atoms with Crippen molar-refractivity contribution in [2.45, 2.75) is 27.2 Å². The van der Waals surface area contributed by atoms with Crippen LogP contribution in [-0.4, -0.2) is 18.1 Å². The summed E-state index contributed by atoms with van der Waals surface area (Å²) in [5.41, 5.74) is 1.14. The minimum absolute atomic E-state index is 0.532. The number of pyridine rings is 1. The second-order valence-corrected chi connectivity index (χ2v) is 5.46. The Hall–Kier alpha value is -1.08. The van der Waals surface area contributed by atoms with Crippen molar-refractivity contribution in [3.8, 4) is 6.07 Å². The summed E-state index contributed by atoms with van der Waals surface area (Å²) < 4.78 is 0.989. The number of nitriles is 1. The lowest BCUT2D eigenvalue weighted by atomic mass is 10.2. The molecular formula is C13H18BrN3. The molecule has 0 aliphatic carbocycles. The van der Waals surface area contributed by atoms with E-state index in [1.54, 1.807) is 0 Å². The Morgan fingerprint density at radius 1 is 1.53 bits per heavy atom. The summed E-state index contributed by atoms with van der Waals surface area (Å²) in [5.74, 6) is 1.54. The van der Waals surface area contributed by atoms with Crippen LogP contribution in [0.25, 0.3) is 0 Å². The molecule has 0 atom stereocenters. The van der Waals surface area contributed by atoms with Crippen LogP contribution in [-0.2, 0) is 0 Å². The molecule has 0 aliphatic rings. The highest BCUT2D eigenvalue weighted by molar-refractivity contribution is 9.10. The molecule has 17 heavy (non-hydrogen) atoms. The van der Waals surface area contributed by atoms with Crippen LogP contribution in [0, 0.1) is 24.2 Å². The maximum absolute atomic E-state index is 8.71. The van der Waals surface area contributed by atoms with Gasteiger partial charge in [-0.3, -0.25) is 0 Å². The number of rotatable bonds is 5. The van der Waals surface area contributed by atoms with Gasteiger partial charge in [-0.2, -0.15) is 5.26 Å². The number of hydrogen-bond acceptors (Lipinski definition) is 3. The first kappa shape index (κ1) is 14.0. The highest BCUT2D eigenvalue weighted by atomic mass is 79.9. The monoisotopic (exact) mass is 295 g/mol. The lowest BCUT2D eigenvalue weighted by molar-refractivity contribution is 0.606. The van der Waals surface area contributed by atoms with E-state index in [1.165, 1.54) is 0 Å². The third-order valence-corrected chi connectivity index (χ3v) is 2.83. The molecule has 0 spiro atoms. The first-order valence-electron chi connectivity index (χ1n) is 5.78. The van der Waals surface area contributed by atoms with Crippen molar-refractivity contribution in [3.05, 3.63) is 22.3 Å². The van der Waals surface area contributed by atoms with Gasteiger partial charge >= 0.3 is 0 Å². The second kappa shape index (κ2) is 6.61. The zero-order chi connectivity index (χ0) is 12.8. The molecule has 4 heteroatoms. The fourth-order valence-electron chi connectivity index (χ4n) is 1.77. The molecule has 0 radical (unpaired) electrons. The molecular weight excluding hydrogens is 278 g/mol. The molecule has 0 unspecified atom stereocenters. The Morgan fingerprint density at radius 2 is 2.24 bits per heavy atom. The number of aromatic nitrogens is 1. The van der Waals surface area contributed by atoms with E-state index in [-0.39, 0.29) is 0 Å². The number of aryl methyl sites for hydroxylation is 1. The zero-order valence-corrected chi connectivity index (χ0v) is 12.2. The van der Waals surface area contributed by atoms with Crippen molar-refractivity contribution in [1.29, 1.82) is 5.26 Å². The molecule has 0 fully saturated rings. The molecule has 1 heterocycles. The highest BCUT2D eigenvalue weighted by Gasteiger charge is 2.12. The summed E-state index contributed by atoms with van der Waals surface area (Å²) in [6.07, 6.45) is 2.34. The van der Waals surface area contributed by atoms with Crippen molar-refractivity contribution in [1.82, 2.24) is 4.98 Å². The molecule has 0 saturated heterocycles. The van der Waals surface area contributed by atoms with E-state index in [4.69, 9.17) is 5.26 Å². The zero-order valence-electron chi connectivity index (χ0n) is 10.6. The lowest BCUT2D eigenvalue weighted by Gasteiger charge is -2.26. The number of anilines is 1. The SMILES string of the molecule is Cc1cc(Br)cnc1N(CCC#N)CC(C)C. The topological polar surface area (TPSA) is 39.9 Å². The molecule has 0 amide bonds. The molecule has 3 nitrogen and oxygen atoms in total. The molecule has 1 aromatic heterocycles. The minimum atomic E-state index is 0.532. The molecule has 0 bridgehead atoms. The Morgan fingerprint density at radius 3 is 2.76 bits per heavy atom. The third-order valence-electron chi connectivity index (χ3n) is 2.40. The van der Waals surface area contributed by atoms with Crippen LogP contribution in [0.4, 0.5) is 5.82 Å². The van der Waals surface area contributed by atoms with Gasteiger partial charge in [0.15, 0.2) is 0 Å². The van der Waals surface area contributed by atoms with Gasteiger partial charge in [0.25, 0.3) is 0 Å². The van der Waals surface area contributed by atoms with Crippen LogP contribution in [0.5, 0.6) is 0 Å². The predicted molar refractivity (Wildman–Crippen MR) is 74.0 cm³/mol. The van der Waals surface area contributed by atoms with Crippen LogP contribution in [0.1, 0.15) is 25.8 Å². The second-order valence-electron chi connectivity index (χ2n) is 4.54. The van der Waals surface area contributed by atoms with Gasteiger partial charge in [0.1, 0.15) is 5.82 Å². The maximum Gasteiger partial charge on any atom is 0.131 e. The van der Waals surface area contributed by atoms with E-state index < -0.39 is 0 Å². The summed E-state index contributed by atoms with van der Waals surface area (Å²) >= 11 is 3.42. The fraction of sp³-hybridized carbons (Fsp3) is 0.538. The number of hydrogen-bond donors (Lipinski definition) is 0. The van der Waals surface area contributed by atoms with Gasteiger partial charge in [0.05, 0.1) is 12.5 Å². The Labute approximate surface area is 112 Å². The summed E-state index contributed by atoms with van der Waals surface area (Å²) in [6, 6.07) is 4.25. The summed E-state index contributed by atoms with van der Waals surface area (Å²) in [7, 11) is 0. The van der Waals surface area contributed by atoms with Crippen molar-refractivity contribution in [2.24, 2.45) is 5.92 Å². The number of nitrogens with zero attached hydrogens (tertiary/aromatic N) is 3. The Balaban J connectivity index is 2.91. The number of halogens is 1. The first-order valence-corrected chi connectivity index (χ1v) is 6.58. The van der Waals surface area contributed by atoms with Crippen molar-refractivity contribution >= 4 is 21.7 Å². The van der Waals surface area contributed by atoms with E-state index in [1.807, 2.05) is 13.1 Å². The molecule has 0 aromatic carbocycles. The first-order chi connectivity index (χ1) is 8.04. The van der Waals surface area contributed by atoms with Crippen molar-refractivity contribution in [2.75, 3.05) is 18.0 Å². The van der Waals surface area contributed by atoms with Gasteiger partial charge in [0.2, 0.25) is 0 Å². The van der Waals surface area contributed by atoms with Gasteiger partial charge in [-0.1, -0.05) is 13.8 Å². The predicted octanol–water partition coefficient (Wildman–Crippen LogP) is 3.53. The van der Waals surface area contributed by atoms with E-state index >= 15 is 0 Å².